The Labute approximate surface area is 211 Å². The third-order valence-corrected chi connectivity index (χ3v) is 7.18. The molecule has 1 heterocycles. The average molecular weight is 505 g/mol. The maximum atomic E-state index is 13.8. The van der Waals surface area contributed by atoms with Gasteiger partial charge in [0.25, 0.3) is 0 Å². The van der Waals surface area contributed by atoms with E-state index in [2.05, 4.69) is 17.4 Å². The number of benzene rings is 2. The zero-order chi connectivity index (χ0) is 25.5. The summed E-state index contributed by atoms with van der Waals surface area (Å²) in [7, 11) is 1.93. The number of carbonyl (C=O) groups is 1. The largest absolute Gasteiger partial charge is 0.488 e. The summed E-state index contributed by atoms with van der Waals surface area (Å²) < 4.78 is 48.6. The molecule has 0 radical (unpaired) electrons. The van der Waals surface area contributed by atoms with E-state index in [0.29, 0.717) is 6.54 Å². The molecule has 2 unspecified atom stereocenters. The standard InChI is InChI=1S/C28H35F3N2O3/c1-33(17-18-35-24-13-7-8-14-25(24)36-19-28(29,30)31)26(27(34)21-10-3-2-4-11-21)23-16-15-20-9-5-6-12-22(20)32-23/h5-9,12-14,21,23,26,32H,2-4,10-11,15-19H2,1H3. The smallest absolute Gasteiger partial charge is 0.422 e. The number of likely N-dealkylation sites (N-methyl/N-ethyl adjacent to an activating group) is 1. The number of nitrogens with one attached hydrogen (secondary N) is 1. The van der Waals surface area contributed by atoms with Crippen LogP contribution in [-0.4, -0.2) is 55.7 Å². The van der Waals surface area contributed by atoms with Crippen molar-refractivity contribution in [2.75, 3.05) is 32.1 Å². The number of fused-ring (bicyclic) bond motifs is 1. The number of halogens is 3. The molecule has 0 aromatic heterocycles. The first kappa shape index (κ1) is 26.3. The van der Waals surface area contributed by atoms with Gasteiger partial charge in [-0.25, -0.2) is 0 Å². The van der Waals surface area contributed by atoms with E-state index in [1.807, 2.05) is 24.1 Å². The van der Waals surface area contributed by atoms with Gasteiger partial charge in [0.2, 0.25) is 0 Å². The minimum absolute atomic E-state index is 0.0123. The summed E-state index contributed by atoms with van der Waals surface area (Å²) >= 11 is 0. The molecule has 36 heavy (non-hydrogen) atoms. The lowest BCUT2D eigenvalue weighted by Crippen LogP contribution is -2.54. The summed E-state index contributed by atoms with van der Waals surface area (Å²) in [6, 6.07) is 14.3. The molecule has 1 aliphatic carbocycles. The van der Waals surface area contributed by atoms with Gasteiger partial charge in [-0.1, -0.05) is 49.6 Å². The highest BCUT2D eigenvalue weighted by molar-refractivity contribution is 5.87. The normalized spacial score (nSPS) is 19.3. The lowest BCUT2D eigenvalue weighted by Gasteiger charge is -2.39. The summed E-state index contributed by atoms with van der Waals surface area (Å²) in [5.41, 5.74) is 2.34. The maximum Gasteiger partial charge on any atom is 0.422 e. The Hall–Kier alpha value is -2.74. The van der Waals surface area contributed by atoms with Crippen LogP contribution in [0, 0.1) is 5.92 Å². The number of ketones is 1. The predicted octanol–water partition coefficient (Wildman–Crippen LogP) is 5.88. The molecule has 0 bridgehead atoms. The fourth-order valence-corrected chi connectivity index (χ4v) is 5.34. The average Bonchev–Trinajstić information content (AvgIpc) is 2.88. The number of alkyl halides is 3. The van der Waals surface area contributed by atoms with E-state index in [1.54, 1.807) is 18.2 Å². The fourth-order valence-electron chi connectivity index (χ4n) is 5.34. The Balaban J connectivity index is 1.43. The van der Waals surface area contributed by atoms with E-state index < -0.39 is 12.8 Å². The Kier molecular flexibility index (Phi) is 8.77. The molecule has 0 amide bonds. The number of para-hydroxylation sites is 3. The van der Waals surface area contributed by atoms with E-state index in [-0.39, 0.29) is 41.9 Å². The van der Waals surface area contributed by atoms with Crippen molar-refractivity contribution < 1.29 is 27.4 Å². The zero-order valence-corrected chi connectivity index (χ0v) is 20.7. The van der Waals surface area contributed by atoms with E-state index in [1.165, 1.54) is 18.1 Å². The summed E-state index contributed by atoms with van der Waals surface area (Å²) in [6.07, 6.45) is 2.58. The van der Waals surface area contributed by atoms with E-state index >= 15 is 0 Å². The molecule has 2 aliphatic rings. The maximum absolute atomic E-state index is 13.8. The number of anilines is 1. The molecular formula is C28H35F3N2O3. The molecule has 0 spiro atoms. The summed E-state index contributed by atoms with van der Waals surface area (Å²) in [4.78, 5) is 15.8. The predicted molar refractivity (Wildman–Crippen MR) is 134 cm³/mol. The first-order valence-electron chi connectivity index (χ1n) is 12.8. The number of nitrogens with zero attached hydrogens (tertiary/aromatic N) is 1. The van der Waals surface area contributed by atoms with Gasteiger partial charge in [0.05, 0.1) is 6.04 Å². The lowest BCUT2D eigenvalue weighted by atomic mass is 9.80. The number of Topliss-reactive ketones (excluding diaryl/α,β-unsaturated/α-hetero) is 1. The van der Waals surface area contributed by atoms with Gasteiger partial charge in [0.15, 0.2) is 23.9 Å². The summed E-state index contributed by atoms with van der Waals surface area (Å²) in [5, 5.41) is 3.62. The molecule has 2 aromatic rings. The fraction of sp³-hybridized carbons (Fsp3) is 0.536. The van der Waals surface area contributed by atoms with Crippen molar-refractivity contribution in [3.05, 3.63) is 54.1 Å². The topological polar surface area (TPSA) is 50.8 Å². The number of ether oxygens (including phenoxy) is 2. The van der Waals surface area contributed by atoms with Gasteiger partial charge in [0, 0.05) is 24.2 Å². The number of hydrogen-bond donors (Lipinski definition) is 1. The van der Waals surface area contributed by atoms with Crippen LogP contribution < -0.4 is 14.8 Å². The second-order valence-corrected chi connectivity index (χ2v) is 9.81. The first-order chi connectivity index (χ1) is 17.3. The van der Waals surface area contributed by atoms with Crippen molar-refractivity contribution in [1.29, 1.82) is 0 Å². The van der Waals surface area contributed by atoms with Crippen molar-refractivity contribution in [2.24, 2.45) is 5.92 Å². The molecule has 1 saturated carbocycles. The molecular weight excluding hydrogens is 469 g/mol. The highest BCUT2D eigenvalue weighted by atomic mass is 19.4. The van der Waals surface area contributed by atoms with Crippen LogP contribution in [0.2, 0.25) is 0 Å². The molecule has 1 aliphatic heterocycles. The number of carbonyl (C=O) groups excluding carboxylic acids is 1. The van der Waals surface area contributed by atoms with Crippen LogP contribution in [0.4, 0.5) is 18.9 Å². The second-order valence-electron chi connectivity index (χ2n) is 9.81. The second kappa shape index (κ2) is 12.0. The Morgan fingerprint density at radius 1 is 1.00 bits per heavy atom. The molecule has 2 atom stereocenters. The van der Waals surface area contributed by atoms with Crippen molar-refractivity contribution in [3.8, 4) is 11.5 Å². The van der Waals surface area contributed by atoms with Gasteiger partial charge < -0.3 is 14.8 Å². The van der Waals surface area contributed by atoms with Crippen LogP contribution in [0.3, 0.4) is 0 Å². The van der Waals surface area contributed by atoms with Crippen LogP contribution in [0.15, 0.2) is 48.5 Å². The molecule has 1 N–H and O–H groups in total. The molecule has 1 fully saturated rings. The van der Waals surface area contributed by atoms with Crippen LogP contribution in [0.5, 0.6) is 11.5 Å². The van der Waals surface area contributed by atoms with E-state index in [9.17, 15) is 18.0 Å². The van der Waals surface area contributed by atoms with Gasteiger partial charge in [0.1, 0.15) is 6.61 Å². The van der Waals surface area contributed by atoms with Crippen LogP contribution >= 0.6 is 0 Å². The first-order valence-corrected chi connectivity index (χ1v) is 12.8. The van der Waals surface area contributed by atoms with Crippen LogP contribution in [0.1, 0.15) is 44.1 Å². The molecule has 5 nitrogen and oxygen atoms in total. The quantitative estimate of drug-likeness (QED) is 0.438. The molecule has 2 aromatic carbocycles. The highest BCUT2D eigenvalue weighted by Gasteiger charge is 2.37. The highest BCUT2D eigenvalue weighted by Crippen LogP contribution is 2.32. The number of rotatable bonds is 10. The van der Waals surface area contributed by atoms with Gasteiger partial charge in [-0.3, -0.25) is 9.69 Å². The van der Waals surface area contributed by atoms with Crippen molar-refractivity contribution in [3.63, 3.8) is 0 Å². The molecule has 196 valence electrons. The van der Waals surface area contributed by atoms with Gasteiger partial charge in [-0.05, 0) is 56.5 Å². The zero-order valence-electron chi connectivity index (χ0n) is 20.7. The minimum atomic E-state index is -4.42. The molecule has 4 rings (SSSR count). The molecule has 8 heteroatoms. The van der Waals surface area contributed by atoms with Crippen molar-refractivity contribution in [1.82, 2.24) is 4.90 Å². The summed E-state index contributed by atoms with van der Waals surface area (Å²) in [5.74, 6) is 0.665. The number of aryl methyl sites for hydroxylation is 1. The van der Waals surface area contributed by atoms with Crippen LogP contribution in [0.25, 0.3) is 0 Å². The van der Waals surface area contributed by atoms with Gasteiger partial charge in [-0.15, -0.1) is 0 Å². The van der Waals surface area contributed by atoms with Crippen LogP contribution in [-0.2, 0) is 11.2 Å². The third-order valence-electron chi connectivity index (χ3n) is 7.18. The Morgan fingerprint density at radius 3 is 2.39 bits per heavy atom. The van der Waals surface area contributed by atoms with E-state index in [4.69, 9.17) is 9.47 Å². The van der Waals surface area contributed by atoms with Gasteiger partial charge in [-0.2, -0.15) is 13.2 Å². The van der Waals surface area contributed by atoms with Gasteiger partial charge >= 0.3 is 6.18 Å². The Bertz CT molecular complexity index is 1010. The van der Waals surface area contributed by atoms with E-state index in [0.717, 1.165) is 44.2 Å². The number of hydrogen-bond acceptors (Lipinski definition) is 5. The lowest BCUT2D eigenvalue weighted by molar-refractivity contribution is -0.153. The Morgan fingerprint density at radius 2 is 1.67 bits per heavy atom. The minimum Gasteiger partial charge on any atom is -0.488 e. The van der Waals surface area contributed by atoms with Crippen molar-refractivity contribution >= 4 is 11.5 Å². The third kappa shape index (κ3) is 6.93. The van der Waals surface area contributed by atoms with Crippen molar-refractivity contribution in [2.45, 2.75) is 63.2 Å². The molecule has 0 saturated heterocycles. The summed E-state index contributed by atoms with van der Waals surface area (Å²) in [6.45, 7) is -0.697. The monoisotopic (exact) mass is 504 g/mol. The SMILES string of the molecule is CN(CCOc1ccccc1OCC(F)(F)F)C(C(=O)C1CCCCC1)C1CCc2ccccc2N1.